The normalized spacial score (nSPS) is 10.6. The minimum atomic E-state index is -0.582. The summed E-state index contributed by atoms with van der Waals surface area (Å²) in [5.41, 5.74) is 4.06. The number of hydrogen-bond donors (Lipinski definition) is 2. The number of ether oxygens (including phenoxy) is 1. The summed E-state index contributed by atoms with van der Waals surface area (Å²) >= 11 is 1.48. The van der Waals surface area contributed by atoms with Crippen molar-refractivity contribution in [1.29, 1.82) is 0 Å². The van der Waals surface area contributed by atoms with Crippen LogP contribution in [0.1, 0.15) is 11.1 Å². The lowest BCUT2D eigenvalue weighted by Gasteiger charge is -2.09. The van der Waals surface area contributed by atoms with E-state index in [1.165, 1.54) is 23.2 Å². The van der Waals surface area contributed by atoms with Crippen molar-refractivity contribution < 1.29 is 14.3 Å². The molecule has 4 aromatic rings. The molecule has 156 valence electrons. The molecule has 4 rings (SSSR count). The van der Waals surface area contributed by atoms with Crippen molar-refractivity contribution >= 4 is 33.5 Å². The number of carbonyl (C=O) groups is 2. The molecule has 3 amide bonds. The first-order valence-corrected chi connectivity index (χ1v) is 10.5. The third kappa shape index (κ3) is 5.04. The molecule has 2 N–H and O–H groups in total. The van der Waals surface area contributed by atoms with Crippen LogP contribution in [0.2, 0.25) is 0 Å². The number of nitrogens with one attached hydrogen (secondary N) is 2. The van der Waals surface area contributed by atoms with Crippen LogP contribution in [0.15, 0.2) is 66.3 Å². The molecule has 0 saturated carbocycles. The number of rotatable bonds is 6. The lowest BCUT2D eigenvalue weighted by molar-refractivity contribution is -0.122. The number of urea groups is 1. The monoisotopic (exact) mass is 432 g/mol. The van der Waals surface area contributed by atoms with E-state index in [4.69, 9.17) is 4.74 Å². The second-order valence-corrected chi connectivity index (χ2v) is 7.74. The molecule has 2 aromatic heterocycles. The van der Waals surface area contributed by atoms with Gasteiger partial charge in [-0.2, -0.15) is 0 Å². The van der Waals surface area contributed by atoms with Gasteiger partial charge < -0.3 is 10.1 Å². The van der Waals surface area contributed by atoms with Crippen molar-refractivity contribution in [3.8, 4) is 17.0 Å². The van der Waals surface area contributed by atoms with Crippen LogP contribution in [0, 0.1) is 6.92 Å². The molecule has 0 bridgehead atoms. The van der Waals surface area contributed by atoms with E-state index >= 15 is 0 Å². The van der Waals surface area contributed by atoms with Gasteiger partial charge in [0.2, 0.25) is 5.88 Å². The highest BCUT2D eigenvalue weighted by molar-refractivity contribution is 7.17. The number of amides is 3. The summed E-state index contributed by atoms with van der Waals surface area (Å²) in [4.78, 5) is 33.4. The molecule has 0 radical (unpaired) electrons. The van der Waals surface area contributed by atoms with Crippen LogP contribution >= 0.6 is 11.3 Å². The van der Waals surface area contributed by atoms with E-state index in [0.29, 0.717) is 12.4 Å². The molecule has 0 aliphatic heterocycles. The second-order valence-electron chi connectivity index (χ2n) is 6.88. The molecule has 0 aliphatic carbocycles. The van der Waals surface area contributed by atoms with Gasteiger partial charge in [0.05, 0.1) is 5.39 Å². The van der Waals surface area contributed by atoms with Gasteiger partial charge in [0.1, 0.15) is 11.2 Å². The fourth-order valence-electron chi connectivity index (χ4n) is 3.02. The van der Waals surface area contributed by atoms with Crippen molar-refractivity contribution in [2.24, 2.45) is 0 Å². The molecular formula is C23H20N4O3S. The Labute approximate surface area is 183 Å². The lowest BCUT2D eigenvalue weighted by atomic mass is 10.0. The van der Waals surface area contributed by atoms with Crippen molar-refractivity contribution in [2.75, 3.05) is 6.61 Å². The van der Waals surface area contributed by atoms with Crippen molar-refractivity contribution in [3.63, 3.8) is 0 Å². The molecule has 0 saturated heterocycles. The Hall–Kier alpha value is -3.78. The van der Waals surface area contributed by atoms with E-state index in [1.807, 2.05) is 66.9 Å². The summed E-state index contributed by atoms with van der Waals surface area (Å²) in [7, 11) is 0. The number of imide groups is 1. The summed E-state index contributed by atoms with van der Waals surface area (Å²) in [6.45, 7) is 2.01. The Morgan fingerprint density at radius 3 is 2.58 bits per heavy atom. The number of hydrogen-bond acceptors (Lipinski definition) is 6. The van der Waals surface area contributed by atoms with E-state index in [9.17, 15) is 9.59 Å². The van der Waals surface area contributed by atoms with E-state index in [-0.39, 0.29) is 6.61 Å². The van der Waals surface area contributed by atoms with E-state index < -0.39 is 11.9 Å². The molecule has 2 heterocycles. The topological polar surface area (TPSA) is 93.2 Å². The zero-order valence-corrected chi connectivity index (χ0v) is 17.6. The Morgan fingerprint density at radius 1 is 1.03 bits per heavy atom. The maximum atomic E-state index is 12.2. The van der Waals surface area contributed by atoms with E-state index in [2.05, 4.69) is 20.6 Å². The fraction of sp³-hybridized carbons (Fsp3) is 0.130. The summed E-state index contributed by atoms with van der Waals surface area (Å²) in [5.74, 6) is -0.258. The van der Waals surface area contributed by atoms with Crippen molar-refractivity contribution in [3.05, 3.63) is 77.4 Å². The predicted octanol–water partition coefficient (Wildman–Crippen LogP) is 4.07. The molecule has 31 heavy (non-hydrogen) atoms. The maximum Gasteiger partial charge on any atom is 0.321 e. The van der Waals surface area contributed by atoms with Crippen LogP contribution in [0.25, 0.3) is 21.3 Å². The van der Waals surface area contributed by atoms with Gasteiger partial charge in [-0.05, 0) is 18.1 Å². The van der Waals surface area contributed by atoms with Crippen LogP contribution in [0.3, 0.4) is 0 Å². The van der Waals surface area contributed by atoms with Crippen LogP contribution in [-0.2, 0) is 11.3 Å². The van der Waals surface area contributed by atoms with Crippen LogP contribution < -0.4 is 15.4 Å². The average molecular weight is 433 g/mol. The number of carbonyl (C=O) groups excluding carboxylic acids is 2. The molecule has 0 unspecified atom stereocenters. The van der Waals surface area contributed by atoms with E-state index in [0.717, 1.165) is 26.9 Å². The zero-order chi connectivity index (χ0) is 21.6. The van der Waals surface area contributed by atoms with Crippen molar-refractivity contribution in [2.45, 2.75) is 13.5 Å². The van der Waals surface area contributed by atoms with Gasteiger partial charge in [-0.1, -0.05) is 60.2 Å². The molecular weight excluding hydrogens is 412 g/mol. The largest absolute Gasteiger partial charge is 0.467 e. The number of nitrogens with zero attached hydrogens (tertiary/aromatic N) is 2. The number of fused-ring (bicyclic) bond motifs is 1. The minimum absolute atomic E-state index is 0.307. The highest BCUT2D eigenvalue weighted by Gasteiger charge is 2.16. The molecule has 8 heteroatoms. The quantitative estimate of drug-likeness (QED) is 0.479. The first kappa shape index (κ1) is 20.5. The Kier molecular flexibility index (Phi) is 6.18. The summed E-state index contributed by atoms with van der Waals surface area (Å²) < 4.78 is 5.65. The molecule has 0 atom stereocenters. The first-order chi connectivity index (χ1) is 15.1. The predicted molar refractivity (Wildman–Crippen MR) is 120 cm³/mol. The molecule has 2 aromatic carbocycles. The van der Waals surface area contributed by atoms with Crippen LogP contribution in [0.5, 0.6) is 5.88 Å². The standard InChI is InChI=1S/C23H20N4O3S/c1-15-7-9-17(10-8-15)18-13-31-22-20(18)21(25-14-26-22)30-12-19(28)27-23(29)24-11-16-5-3-2-4-6-16/h2-10,13-14H,11-12H2,1H3,(H2,24,27,28,29). The minimum Gasteiger partial charge on any atom is -0.467 e. The molecule has 0 spiro atoms. The average Bonchev–Trinajstić information content (AvgIpc) is 3.22. The van der Waals surface area contributed by atoms with Gasteiger partial charge >= 0.3 is 6.03 Å². The smallest absolute Gasteiger partial charge is 0.321 e. The second kappa shape index (κ2) is 9.36. The fourth-order valence-corrected chi connectivity index (χ4v) is 3.93. The van der Waals surface area contributed by atoms with Crippen LogP contribution in [-0.4, -0.2) is 28.5 Å². The summed E-state index contributed by atoms with van der Waals surface area (Å²) in [6.07, 6.45) is 1.40. The van der Waals surface area contributed by atoms with Gasteiger partial charge in [0.15, 0.2) is 6.61 Å². The third-order valence-corrected chi connectivity index (χ3v) is 5.47. The van der Waals surface area contributed by atoms with Gasteiger partial charge in [0, 0.05) is 17.5 Å². The Balaban J connectivity index is 1.40. The van der Waals surface area contributed by atoms with Gasteiger partial charge in [-0.3, -0.25) is 10.1 Å². The first-order valence-electron chi connectivity index (χ1n) is 9.64. The number of aromatic nitrogens is 2. The zero-order valence-electron chi connectivity index (χ0n) is 16.8. The maximum absolute atomic E-state index is 12.2. The number of thiophene rings is 1. The Morgan fingerprint density at radius 2 is 1.81 bits per heavy atom. The van der Waals surface area contributed by atoms with Gasteiger partial charge in [-0.15, -0.1) is 11.3 Å². The molecule has 0 aliphatic rings. The van der Waals surface area contributed by atoms with Gasteiger partial charge in [-0.25, -0.2) is 14.8 Å². The summed E-state index contributed by atoms with van der Waals surface area (Å²) in [5, 5.41) is 7.64. The highest BCUT2D eigenvalue weighted by atomic mass is 32.1. The lowest BCUT2D eigenvalue weighted by Crippen LogP contribution is -2.41. The van der Waals surface area contributed by atoms with Crippen molar-refractivity contribution in [1.82, 2.24) is 20.6 Å². The highest BCUT2D eigenvalue weighted by Crippen LogP contribution is 2.37. The third-order valence-electron chi connectivity index (χ3n) is 4.59. The van der Waals surface area contributed by atoms with Gasteiger partial charge in [0.25, 0.3) is 5.91 Å². The number of benzene rings is 2. The van der Waals surface area contributed by atoms with E-state index in [1.54, 1.807) is 0 Å². The van der Waals surface area contributed by atoms with Crippen LogP contribution in [0.4, 0.5) is 4.79 Å². The molecule has 0 fully saturated rings. The Bertz CT molecular complexity index is 1210. The summed E-state index contributed by atoms with van der Waals surface area (Å²) in [6, 6.07) is 17.0. The molecule has 7 nitrogen and oxygen atoms in total. The number of aryl methyl sites for hydroxylation is 1. The SMILES string of the molecule is Cc1ccc(-c2csc3ncnc(OCC(=O)NC(=O)NCc4ccccc4)c23)cc1.